The maximum Gasteiger partial charge on any atom is 0.272 e. The fourth-order valence-electron chi connectivity index (χ4n) is 4.22. The minimum Gasteiger partial charge on any atom is -0.381 e. The van der Waals surface area contributed by atoms with Crippen LogP contribution in [0.15, 0.2) is 24.4 Å². The van der Waals surface area contributed by atoms with E-state index in [0.717, 1.165) is 43.9 Å². The predicted octanol–water partition coefficient (Wildman–Crippen LogP) is 2.08. The van der Waals surface area contributed by atoms with Gasteiger partial charge in [-0.15, -0.1) is 0 Å². The lowest BCUT2D eigenvalue weighted by Gasteiger charge is -2.22. The van der Waals surface area contributed by atoms with Gasteiger partial charge in [0.2, 0.25) is 0 Å². The molecule has 0 unspecified atom stereocenters. The quantitative estimate of drug-likeness (QED) is 0.927. The van der Waals surface area contributed by atoms with Crippen LogP contribution in [0.3, 0.4) is 0 Å². The number of rotatable bonds is 4. The van der Waals surface area contributed by atoms with Gasteiger partial charge >= 0.3 is 0 Å². The largest absolute Gasteiger partial charge is 0.381 e. The summed E-state index contributed by atoms with van der Waals surface area (Å²) in [7, 11) is 0. The molecule has 1 amide bonds. The Balaban J connectivity index is 1.40. The second kappa shape index (κ2) is 5.95. The van der Waals surface area contributed by atoms with Crippen LogP contribution in [0.4, 0.5) is 0 Å². The fourth-order valence-corrected chi connectivity index (χ4v) is 4.22. The highest BCUT2D eigenvalue weighted by atomic mass is 16.5. The number of aromatic nitrogens is 3. The van der Waals surface area contributed by atoms with E-state index in [1.54, 1.807) is 6.20 Å². The number of fused-ring (bicyclic) bond motifs is 3. The van der Waals surface area contributed by atoms with Gasteiger partial charge in [-0.05, 0) is 49.7 Å². The minimum absolute atomic E-state index is 0.0428. The number of hydrogen-bond acceptors (Lipinski definition) is 4. The molecular weight excluding hydrogens is 316 g/mol. The Morgan fingerprint density at radius 3 is 3.00 bits per heavy atom. The van der Waals surface area contributed by atoms with Crippen molar-refractivity contribution in [2.75, 3.05) is 19.8 Å². The molecule has 0 spiro atoms. The van der Waals surface area contributed by atoms with Crippen LogP contribution in [0, 0.1) is 11.8 Å². The van der Waals surface area contributed by atoms with E-state index in [1.165, 1.54) is 12.1 Å². The number of amides is 1. The van der Waals surface area contributed by atoms with Crippen LogP contribution in [-0.4, -0.2) is 40.4 Å². The summed E-state index contributed by atoms with van der Waals surface area (Å²) in [5, 5.41) is 7.76. The maximum atomic E-state index is 12.8. The zero-order chi connectivity index (χ0) is 16.8. The van der Waals surface area contributed by atoms with Crippen molar-refractivity contribution < 1.29 is 9.53 Å². The Bertz CT molecular complexity index is 795. The zero-order valence-electron chi connectivity index (χ0n) is 14.1. The van der Waals surface area contributed by atoms with Gasteiger partial charge in [-0.3, -0.25) is 4.79 Å². The minimum atomic E-state index is -0.0428. The molecule has 2 aliphatic carbocycles. The summed E-state index contributed by atoms with van der Waals surface area (Å²) in [5.74, 6) is 2.53. The van der Waals surface area contributed by atoms with Crippen molar-refractivity contribution in [3.8, 4) is 5.82 Å². The number of nitrogens with zero attached hydrogens (tertiary/aromatic N) is 3. The van der Waals surface area contributed by atoms with Gasteiger partial charge < -0.3 is 10.1 Å². The molecular formula is C19H22N4O2. The topological polar surface area (TPSA) is 69.0 Å². The number of pyridine rings is 1. The monoisotopic (exact) mass is 338 g/mol. The molecule has 2 atom stereocenters. The van der Waals surface area contributed by atoms with E-state index in [1.807, 2.05) is 22.9 Å². The summed E-state index contributed by atoms with van der Waals surface area (Å²) < 4.78 is 7.28. The van der Waals surface area contributed by atoms with Crippen molar-refractivity contribution in [1.82, 2.24) is 20.1 Å². The van der Waals surface area contributed by atoms with Crippen molar-refractivity contribution in [3.63, 3.8) is 0 Å². The molecule has 1 saturated heterocycles. The Labute approximate surface area is 146 Å². The van der Waals surface area contributed by atoms with Gasteiger partial charge in [0.15, 0.2) is 11.5 Å². The van der Waals surface area contributed by atoms with Crippen molar-refractivity contribution >= 4 is 5.91 Å². The van der Waals surface area contributed by atoms with Crippen LogP contribution < -0.4 is 5.32 Å². The first-order valence-corrected chi connectivity index (χ1v) is 9.20. The number of nitrogens with one attached hydrogen (secondary N) is 1. The third-order valence-electron chi connectivity index (χ3n) is 5.74. The second-order valence-corrected chi connectivity index (χ2v) is 7.38. The average Bonchev–Trinajstić information content (AvgIpc) is 3.17. The first-order chi connectivity index (χ1) is 12.3. The van der Waals surface area contributed by atoms with Gasteiger partial charge in [-0.2, -0.15) is 5.10 Å². The molecule has 130 valence electrons. The summed E-state index contributed by atoms with van der Waals surface area (Å²) in [6, 6.07) is 5.81. The van der Waals surface area contributed by atoms with Crippen molar-refractivity contribution in [1.29, 1.82) is 0 Å². The van der Waals surface area contributed by atoms with Crippen molar-refractivity contribution in [2.45, 2.75) is 31.6 Å². The lowest BCUT2D eigenvalue weighted by molar-refractivity contribution is 0.0642. The average molecular weight is 338 g/mol. The molecule has 6 nitrogen and oxygen atoms in total. The number of ether oxygens (including phenoxy) is 1. The SMILES string of the molecule is O=C(NCC1CCOCC1)c1nn(-c2ccccn2)c2c1C[C@H]1C[C@@H]21. The van der Waals surface area contributed by atoms with E-state index in [0.29, 0.717) is 30.0 Å². The smallest absolute Gasteiger partial charge is 0.272 e. The van der Waals surface area contributed by atoms with Gasteiger partial charge in [0.1, 0.15) is 0 Å². The van der Waals surface area contributed by atoms with E-state index < -0.39 is 0 Å². The van der Waals surface area contributed by atoms with E-state index in [4.69, 9.17) is 4.74 Å². The third-order valence-corrected chi connectivity index (χ3v) is 5.74. The zero-order valence-corrected chi connectivity index (χ0v) is 14.1. The van der Waals surface area contributed by atoms with Crippen LogP contribution in [-0.2, 0) is 11.2 Å². The molecule has 1 aliphatic heterocycles. The highest BCUT2D eigenvalue weighted by Gasteiger charge is 2.50. The van der Waals surface area contributed by atoms with Gasteiger partial charge in [-0.1, -0.05) is 6.07 Å². The van der Waals surface area contributed by atoms with Crippen LogP contribution in [0.1, 0.15) is 46.9 Å². The molecule has 2 fully saturated rings. The highest BCUT2D eigenvalue weighted by Crippen LogP contribution is 2.57. The molecule has 0 bridgehead atoms. The number of carbonyl (C=O) groups is 1. The van der Waals surface area contributed by atoms with Gasteiger partial charge in [0.25, 0.3) is 5.91 Å². The van der Waals surface area contributed by atoms with E-state index in [2.05, 4.69) is 15.4 Å². The van der Waals surface area contributed by atoms with Crippen LogP contribution in [0.5, 0.6) is 0 Å². The second-order valence-electron chi connectivity index (χ2n) is 7.38. The highest BCUT2D eigenvalue weighted by molar-refractivity contribution is 5.94. The Morgan fingerprint density at radius 1 is 1.32 bits per heavy atom. The first-order valence-electron chi connectivity index (χ1n) is 9.20. The van der Waals surface area contributed by atoms with E-state index >= 15 is 0 Å². The molecule has 5 rings (SSSR count). The van der Waals surface area contributed by atoms with Crippen LogP contribution in [0.25, 0.3) is 5.82 Å². The Morgan fingerprint density at radius 2 is 2.20 bits per heavy atom. The molecule has 2 aromatic rings. The molecule has 0 aromatic carbocycles. The molecule has 2 aromatic heterocycles. The van der Waals surface area contributed by atoms with E-state index in [-0.39, 0.29) is 5.91 Å². The Hall–Kier alpha value is -2.21. The standard InChI is InChI=1S/C19H22N4O2/c24-19(21-11-12-4-7-25-8-5-12)17-15-10-13-9-14(13)18(15)23(22-17)16-3-1-2-6-20-16/h1-3,6,12-14H,4-5,7-11H2,(H,21,24)/t13-,14-/m1/s1. The maximum absolute atomic E-state index is 12.8. The lowest BCUT2D eigenvalue weighted by Crippen LogP contribution is -2.32. The molecule has 1 N–H and O–H groups in total. The van der Waals surface area contributed by atoms with Crippen molar-refractivity contribution in [2.24, 2.45) is 11.8 Å². The summed E-state index contributed by atoms with van der Waals surface area (Å²) >= 11 is 0. The molecule has 25 heavy (non-hydrogen) atoms. The molecule has 3 heterocycles. The molecule has 1 saturated carbocycles. The predicted molar refractivity (Wildman–Crippen MR) is 91.8 cm³/mol. The summed E-state index contributed by atoms with van der Waals surface area (Å²) in [6.45, 7) is 2.31. The number of carbonyl (C=O) groups excluding carboxylic acids is 1. The lowest BCUT2D eigenvalue weighted by atomic mass is 10.0. The van der Waals surface area contributed by atoms with Crippen LogP contribution in [0.2, 0.25) is 0 Å². The summed E-state index contributed by atoms with van der Waals surface area (Å²) in [5.41, 5.74) is 2.94. The van der Waals surface area contributed by atoms with Gasteiger partial charge in [0, 0.05) is 37.4 Å². The fraction of sp³-hybridized carbons (Fsp3) is 0.526. The van der Waals surface area contributed by atoms with E-state index in [9.17, 15) is 4.79 Å². The van der Waals surface area contributed by atoms with Gasteiger partial charge in [0.05, 0.1) is 5.69 Å². The summed E-state index contributed by atoms with van der Waals surface area (Å²) in [4.78, 5) is 17.2. The normalized spacial score (nSPS) is 24.6. The van der Waals surface area contributed by atoms with Crippen LogP contribution >= 0.6 is 0 Å². The van der Waals surface area contributed by atoms with Crippen molar-refractivity contribution in [3.05, 3.63) is 41.3 Å². The molecule has 3 aliphatic rings. The molecule has 6 heteroatoms. The first kappa shape index (κ1) is 15.1. The number of hydrogen-bond donors (Lipinski definition) is 1. The third kappa shape index (κ3) is 2.65. The molecule has 0 radical (unpaired) electrons. The van der Waals surface area contributed by atoms with Gasteiger partial charge in [-0.25, -0.2) is 9.67 Å². The summed E-state index contributed by atoms with van der Waals surface area (Å²) in [6.07, 6.45) is 6.00. The Kier molecular flexibility index (Phi) is 3.59.